The lowest BCUT2D eigenvalue weighted by Gasteiger charge is -2.23. The Hall–Kier alpha value is -2.44. The molecule has 1 amide bonds. The quantitative estimate of drug-likeness (QED) is 0.931. The van der Waals surface area contributed by atoms with E-state index in [0.29, 0.717) is 23.4 Å². The Labute approximate surface area is 133 Å². The van der Waals surface area contributed by atoms with Crippen molar-refractivity contribution >= 4 is 17.5 Å². The second-order valence-electron chi connectivity index (χ2n) is 6.13. The van der Waals surface area contributed by atoms with Gasteiger partial charge in [-0.1, -0.05) is 0 Å². The molecule has 1 unspecified atom stereocenters. The predicted molar refractivity (Wildman–Crippen MR) is 83.5 cm³/mol. The molecular formula is C16H20N4O3. The summed E-state index contributed by atoms with van der Waals surface area (Å²) in [6, 6.07) is 1.66. The number of fused-ring (bicyclic) bond motifs is 1. The molecule has 23 heavy (non-hydrogen) atoms. The molecule has 3 heterocycles. The molecular weight excluding hydrogens is 296 g/mol. The van der Waals surface area contributed by atoms with Crippen molar-refractivity contribution in [2.45, 2.75) is 46.1 Å². The van der Waals surface area contributed by atoms with Crippen LogP contribution in [0.5, 0.6) is 0 Å². The first kappa shape index (κ1) is 15.5. The Morgan fingerprint density at radius 1 is 1.35 bits per heavy atom. The number of carbonyl (C=O) groups is 2. The van der Waals surface area contributed by atoms with Crippen LogP contribution < -0.4 is 0 Å². The number of aliphatic carboxylic acids is 1. The molecule has 1 N–H and O–H groups in total. The lowest BCUT2D eigenvalue weighted by atomic mass is 10.1. The van der Waals surface area contributed by atoms with Gasteiger partial charge in [0.1, 0.15) is 5.56 Å². The minimum Gasteiger partial charge on any atom is -0.481 e. The van der Waals surface area contributed by atoms with Gasteiger partial charge >= 0.3 is 5.97 Å². The number of likely N-dealkylation sites (tertiary alicyclic amines) is 1. The van der Waals surface area contributed by atoms with E-state index in [1.54, 1.807) is 16.3 Å². The van der Waals surface area contributed by atoms with Crippen molar-refractivity contribution in [2.24, 2.45) is 0 Å². The summed E-state index contributed by atoms with van der Waals surface area (Å²) in [7, 11) is 0. The first-order valence-electron chi connectivity index (χ1n) is 7.75. The second kappa shape index (κ2) is 5.64. The fourth-order valence-corrected chi connectivity index (χ4v) is 3.34. The summed E-state index contributed by atoms with van der Waals surface area (Å²) in [4.78, 5) is 30.1. The normalized spacial score (nSPS) is 17.9. The van der Waals surface area contributed by atoms with Gasteiger partial charge in [0.05, 0.1) is 12.1 Å². The van der Waals surface area contributed by atoms with Gasteiger partial charge in [-0.15, -0.1) is 0 Å². The van der Waals surface area contributed by atoms with Gasteiger partial charge in [-0.3, -0.25) is 9.59 Å². The molecule has 2 aromatic heterocycles. The maximum absolute atomic E-state index is 13.0. The lowest BCUT2D eigenvalue weighted by molar-refractivity contribution is -0.137. The van der Waals surface area contributed by atoms with Gasteiger partial charge < -0.3 is 10.0 Å². The van der Waals surface area contributed by atoms with Gasteiger partial charge in [0.25, 0.3) is 5.91 Å². The number of hydrogen-bond acceptors (Lipinski definition) is 4. The molecule has 1 aliphatic rings. The number of amides is 1. The maximum Gasteiger partial charge on any atom is 0.305 e. The highest BCUT2D eigenvalue weighted by Gasteiger charge is 2.33. The number of carboxylic acids is 1. The van der Waals surface area contributed by atoms with Crippen molar-refractivity contribution in [1.82, 2.24) is 19.5 Å². The molecule has 0 aliphatic carbocycles. The zero-order chi connectivity index (χ0) is 16.7. The maximum atomic E-state index is 13.0. The number of rotatable bonds is 3. The van der Waals surface area contributed by atoms with Crippen LogP contribution >= 0.6 is 0 Å². The fraction of sp³-hybridized carbons (Fsp3) is 0.500. The summed E-state index contributed by atoms with van der Waals surface area (Å²) in [5.41, 5.74) is 3.39. The van der Waals surface area contributed by atoms with Crippen LogP contribution in [0.1, 0.15) is 46.7 Å². The van der Waals surface area contributed by atoms with E-state index in [2.05, 4.69) is 10.1 Å². The molecule has 122 valence electrons. The smallest absolute Gasteiger partial charge is 0.305 e. The molecule has 3 rings (SSSR count). The van der Waals surface area contributed by atoms with Crippen molar-refractivity contribution in [3.8, 4) is 0 Å². The lowest BCUT2D eigenvalue weighted by Crippen LogP contribution is -2.37. The van der Waals surface area contributed by atoms with Gasteiger partial charge in [-0.25, -0.2) is 9.50 Å². The molecule has 1 aliphatic heterocycles. The van der Waals surface area contributed by atoms with Gasteiger partial charge in [-0.2, -0.15) is 5.10 Å². The minimum absolute atomic E-state index is 0.0184. The van der Waals surface area contributed by atoms with Crippen LogP contribution in [0.15, 0.2) is 6.07 Å². The van der Waals surface area contributed by atoms with Gasteiger partial charge in [0, 0.05) is 24.0 Å². The summed E-state index contributed by atoms with van der Waals surface area (Å²) in [6.07, 6.45) is 1.53. The molecule has 0 radical (unpaired) electrons. The van der Waals surface area contributed by atoms with E-state index in [9.17, 15) is 9.59 Å². The minimum atomic E-state index is -0.879. The van der Waals surface area contributed by atoms with Crippen LogP contribution in [0.2, 0.25) is 0 Å². The third-order valence-electron chi connectivity index (χ3n) is 4.33. The van der Waals surface area contributed by atoms with Crippen LogP contribution in [0.25, 0.3) is 5.65 Å². The summed E-state index contributed by atoms with van der Waals surface area (Å²) >= 11 is 0. The van der Waals surface area contributed by atoms with Gasteiger partial charge in [-0.05, 0) is 39.7 Å². The fourth-order valence-electron chi connectivity index (χ4n) is 3.34. The first-order chi connectivity index (χ1) is 10.9. The Morgan fingerprint density at radius 2 is 2.09 bits per heavy atom. The van der Waals surface area contributed by atoms with Gasteiger partial charge in [0.2, 0.25) is 0 Å². The van der Waals surface area contributed by atoms with E-state index >= 15 is 0 Å². The van der Waals surface area contributed by atoms with E-state index in [1.807, 2.05) is 19.9 Å². The molecule has 7 nitrogen and oxygen atoms in total. The highest BCUT2D eigenvalue weighted by molar-refractivity contribution is 6.01. The zero-order valence-corrected chi connectivity index (χ0v) is 13.5. The SMILES string of the molecule is Cc1cc(C)n2nc(C)c(C(=O)N3CCCC3CC(=O)O)c2n1. The van der Waals surface area contributed by atoms with Crippen LogP contribution in [-0.2, 0) is 4.79 Å². The van der Waals surface area contributed by atoms with Crippen molar-refractivity contribution in [1.29, 1.82) is 0 Å². The predicted octanol–water partition coefficient (Wildman–Crippen LogP) is 1.73. The number of aryl methyl sites for hydroxylation is 3. The van der Waals surface area contributed by atoms with Gasteiger partial charge in [0.15, 0.2) is 5.65 Å². The highest BCUT2D eigenvalue weighted by atomic mass is 16.4. The summed E-state index contributed by atoms with van der Waals surface area (Å²) in [6.45, 7) is 6.18. The standard InChI is InChI=1S/C16H20N4O3/c1-9-7-10(2)20-15(17-9)14(11(3)18-20)16(23)19-6-4-5-12(19)8-13(21)22/h7,12H,4-6,8H2,1-3H3,(H,21,22). The summed E-state index contributed by atoms with van der Waals surface area (Å²) < 4.78 is 1.68. The summed E-state index contributed by atoms with van der Waals surface area (Å²) in [5, 5.41) is 13.5. The highest BCUT2D eigenvalue weighted by Crippen LogP contribution is 2.25. The molecule has 1 fully saturated rings. The summed E-state index contributed by atoms with van der Waals surface area (Å²) in [5.74, 6) is -1.05. The van der Waals surface area contributed by atoms with Crippen molar-refractivity contribution in [3.05, 3.63) is 28.7 Å². The molecule has 0 aromatic carbocycles. The Balaban J connectivity index is 2.04. The average molecular weight is 316 g/mol. The molecule has 1 atom stereocenters. The number of hydrogen-bond donors (Lipinski definition) is 1. The number of nitrogens with zero attached hydrogens (tertiary/aromatic N) is 4. The van der Waals surface area contributed by atoms with E-state index in [4.69, 9.17) is 5.11 Å². The third-order valence-corrected chi connectivity index (χ3v) is 4.33. The molecule has 0 saturated carbocycles. The van der Waals surface area contributed by atoms with Crippen LogP contribution in [0.4, 0.5) is 0 Å². The largest absolute Gasteiger partial charge is 0.481 e. The molecule has 2 aromatic rings. The van der Waals surface area contributed by atoms with E-state index in [-0.39, 0.29) is 18.4 Å². The molecule has 1 saturated heterocycles. The number of carbonyl (C=O) groups excluding carboxylic acids is 1. The van der Waals surface area contributed by atoms with E-state index < -0.39 is 5.97 Å². The third kappa shape index (κ3) is 2.67. The first-order valence-corrected chi connectivity index (χ1v) is 7.75. The van der Waals surface area contributed by atoms with Crippen LogP contribution in [0.3, 0.4) is 0 Å². The van der Waals surface area contributed by atoms with Crippen molar-refractivity contribution in [2.75, 3.05) is 6.54 Å². The van der Waals surface area contributed by atoms with E-state index in [0.717, 1.165) is 24.2 Å². The monoisotopic (exact) mass is 316 g/mol. The van der Waals surface area contributed by atoms with Crippen molar-refractivity contribution < 1.29 is 14.7 Å². The average Bonchev–Trinajstić information content (AvgIpc) is 3.02. The van der Waals surface area contributed by atoms with Crippen molar-refractivity contribution in [3.63, 3.8) is 0 Å². The number of aromatic nitrogens is 3. The van der Waals surface area contributed by atoms with Crippen LogP contribution in [-0.4, -0.2) is 49.1 Å². The zero-order valence-electron chi connectivity index (χ0n) is 13.5. The Kier molecular flexibility index (Phi) is 3.79. The van der Waals surface area contributed by atoms with Crippen LogP contribution in [0, 0.1) is 20.8 Å². The number of carboxylic acid groups (broad SMARTS) is 1. The second-order valence-corrected chi connectivity index (χ2v) is 6.13. The topological polar surface area (TPSA) is 87.8 Å². The Bertz CT molecular complexity index is 796. The molecule has 7 heteroatoms. The van der Waals surface area contributed by atoms with E-state index in [1.165, 1.54) is 0 Å². The Morgan fingerprint density at radius 3 is 2.78 bits per heavy atom. The molecule has 0 bridgehead atoms. The molecule has 0 spiro atoms.